The molecule has 1 atom stereocenters. The van der Waals surface area contributed by atoms with Crippen LogP contribution < -0.4 is 0 Å². The number of hydrogen-bond donors (Lipinski definition) is 1. The number of rotatable bonds is 4. The molecule has 6 nitrogen and oxygen atoms in total. The molecule has 2 saturated heterocycles. The predicted octanol–water partition coefficient (Wildman–Crippen LogP) is 1.50. The predicted molar refractivity (Wildman–Crippen MR) is 91.9 cm³/mol. The molecule has 3 rings (SSSR count). The maximum absolute atomic E-state index is 12.7. The highest BCUT2D eigenvalue weighted by molar-refractivity contribution is 5.89. The van der Waals surface area contributed by atoms with Crippen molar-refractivity contribution in [2.75, 3.05) is 26.2 Å². The highest BCUT2D eigenvalue weighted by Gasteiger charge is 2.45. The second kappa shape index (κ2) is 6.86. The fourth-order valence-electron chi connectivity index (χ4n) is 3.99. The van der Waals surface area contributed by atoms with Crippen molar-refractivity contribution in [1.29, 1.82) is 0 Å². The number of carbonyl (C=O) groups is 3. The Labute approximate surface area is 147 Å². The van der Waals surface area contributed by atoms with Crippen molar-refractivity contribution in [3.8, 4) is 0 Å². The van der Waals surface area contributed by atoms with Gasteiger partial charge in [0.2, 0.25) is 11.8 Å². The standard InChI is InChI=1S/C19H24N2O4/c1-2-20-13-14(12-16(20)22)17(23)21-10-8-19(9-11-21,18(24)25)15-6-4-3-5-7-15/h3-7,14H,2,8-13H2,1H3,(H,24,25). The van der Waals surface area contributed by atoms with Crippen LogP contribution in [0.2, 0.25) is 0 Å². The molecule has 1 N–H and O–H groups in total. The summed E-state index contributed by atoms with van der Waals surface area (Å²) in [6, 6.07) is 9.26. The molecule has 1 aromatic rings. The summed E-state index contributed by atoms with van der Waals surface area (Å²) in [5, 5.41) is 9.83. The van der Waals surface area contributed by atoms with E-state index in [4.69, 9.17) is 0 Å². The molecular weight excluding hydrogens is 320 g/mol. The van der Waals surface area contributed by atoms with Gasteiger partial charge in [0.25, 0.3) is 0 Å². The topological polar surface area (TPSA) is 77.9 Å². The lowest BCUT2D eigenvalue weighted by molar-refractivity contribution is -0.149. The minimum Gasteiger partial charge on any atom is -0.481 e. The number of carbonyl (C=O) groups excluding carboxylic acids is 2. The van der Waals surface area contributed by atoms with Gasteiger partial charge >= 0.3 is 5.97 Å². The largest absolute Gasteiger partial charge is 0.481 e. The Morgan fingerprint density at radius 3 is 2.36 bits per heavy atom. The number of nitrogens with zero attached hydrogens (tertiary/aromatic N) is 2. The minimum absolute atomic E-state index is 0.0173. The van der Waals surface area contributed by atoms with Crippen molar-refractivity contribution in [1.82, 2.24) is 9.80 Å². The van der Waals surface area contributed by atoms with Gasteiger partial charge in [-0.1, -0.05) is 30.3 Å². The van der Waals surface area contributed by atoms with Gasteiger partial charge in [-0.15, -0.1) is 0 Å². The van der Waals surface area contributed by atoms with E-state index in [2.05, 4.69) is 0 Å². The van der Waals surface area contributed by atoms with Crippen LogP contribution in [0.15, 0.2) is 30.3 Å². The van der Waals surface area contributed by atoms with Crippen LogP contribution in [0.4, 0.5) is 0 Å². The van der Waals surface area contributed by atoms with Crippen LogP contribution in [-0.2, 0) is 19.8 Å². The fraction of sp³-hybridized carbons (Fsp3) is 0.526. The van der Waals surface area contributed by atoms with Crippen LogP contribution in [0, 0.1) is 5.92 Å². The molecule has 1 unspecified atom stereocenters. The van der Waals surface area contributed by atoms with E-state index in [1.54, 1.807) is 9.80 Å². The monoisotopic (exact) mass is 344 g/mol. The summed E-state index contributed by atoms with van der Waals surface area (Å²) in [5.41, 5.74) is -0.137. The zero-order chi connectivity index (χ0) is 18.0. The first kappa shape index (κ1) is 17.5. The number of piperidine rings is 1. The first-order valence-electron chi connectivity index (χ1n) is 8.83. The average Bonchev–Trinajstić information content (AvgIpc) is 3.02. The van der Waals surface area contributed by atoms with Gasteiger partial charge in [0.1, 0.15) is 0 Å². The van der Waals surface area contributed by atoms with Crippen molar-refractivity contribution in [2.45, 2.75) is 31.6 Å². The molecule has 134 valence electrons. The van der Waals surface area contributed by atoms with Crippen LogP contribution in [0.3, 0.4) is 0 Å². The highest BCUT2D eigenvalue weighted by atomic mass is 16.4. The second-order valence-corrected chi connectivity index (χ2v) is 6.91. The van der Waals surface area contributed by atoms with Gasteiger partial charge in [0.15, 0.2) is 0 Å². The van der Waals surface area contributed by atoms with E-state index >= 15 is 0 Å². The van der Waals surface area contributed by atoms with E-state index in [0.717, 1.165) is 5.56 Å². The third-order valence-electron chi connectivity index (χ3n) is 5.61. The molecule has 0 bridgehead atoms. The third kappa shape index (κ3) is 3.13. The van der Waals surface area contributed by atoms with E-state index in [-0.39, 0.29) is 24.2 Å². The number of amides is 2. The number of carboxylic acid groups (broad SMARTS) is 1. The molecule has 2 heterocycles. The fourth-order valence-corrected chi connectivity index (χ4v) is 3.99. The molecule has 0 aromatic heterocycles. The Kier molecular flexibility index (Phi) is 4.79. The first-order chi connectivity index (χ1) is 12.0. The SMILES string of the molecule is CCN1CC(C(=O)N2CCC(C(=O)O)(c3ccccc3)CC2)CC1=O. The number of hydrogen-bond acceptors (Lipinski definition) is 3. The lowest BCUT2D eigenvalue weighted by Gasteiger charge is -2.40. The van der Waals surface area contributed by atoms with E-state index in [0.29, 0.717) is 39.0 Å². The molecule has 0 spiro atoms. The molecule has 6 heteroatoms. The van der Waals surface area contributed by atoms with Crippen molar-refractivity contribution in [3.05, 3.63) is 35.9 Å². The third-order valence-corrected chi connectivity index (χ3v) is 5.61. The normalized spacial score (nSPS) is 22.9. The molecule has 2 amide bonds. The van der Waals surface area contributed by atoms with E-state index in [1.807, 2.05) is 37.3 Å². The average molecular weight is 344 g/mol. The van der Waals surface area contributed by atoms with Crippen molar-refractivity contribution in [2.24, 2.45) is 5.92 Å². The Morgan fingerprint density at radius 1 is 1.20 bits per heavy atom. The van der Waals surface area contributed by atoms with Gasteiger partial charge < -0.3 is 14.9 Å². The second-order valence-electron chi connectivity index (χ2n) is 6.91. The molecular formula is C19H24N2O4. The number of aliphatic carboxylic acids is 1. The van der Waals surface area contributed by atoms with Gasteiger partial charge in [-0.2, -0.15) is 0 Å². The molecule has 1 aromatic carbocycles. The van der Waals surface area contributed by atoms with Gasteiger partial charge in [0, 0.05) is 32.6 Å². The molecule has 25 heavy (non-hydrogen) atoms. The Balaban J connectivity index is 1.69. The zero-order valence-electron chi connectivity index (χ0n) is 14.5. The molecule has 2 aliphatic heterocycles. The van der Waals surface area contributed by atoms with Gasteiger partial charge in [-0.3, -0.25) is 14.4 Å². The Bertz CT molecular complexity index is 665. The molecule has 0 saturated carbocycles. The van der Waals surface area contributed by atoms with Crippen LogP contribution >= 0.6 is 0 Å². The smallest absolute Gasteiger partial charge is 0.314 e. The number of carboxylic acids is 1. The molecule has 0 aliphatic carbocycles. The molecule has 0 radical (unpaired) electrons. The van der Waals surface area contributed by atoms with Gasteiger partial charge in [-0.05, 0) is 25.3 Å². The summed E-state index contributed by atoms with van der Waals surface area (Å²) >= 11 is 0. The lowest BCUT2D eigenvalue weighted by Crippen LogP contribution is -2.50. The quantitative estimate of drug-likeness (QED) is 0.898. The van der Waals surface area contributed by atoms with E-state index in [1.165, 1.54) is 0 Å². The summed E-state index contributed by atoms with van der Waals surface area (Å²) in [6.45, 7) is 3.84. The summed E-state index contributed by atoms with van der Waals surface area (Å²) in [5.74, 6) is -1.11. The van der Waals surface area contributed by atoms with Crippen molar-refractivity contribution < 1.29 is 19.5 Å². The summed E-state index contributed by atoms with van der Waals surface area (Å²) in [6.07, 6.45) is 1.07. The lowest BCUT2D eigenvalue weighted by atomic mass is 9.72. The van der Waals surface area contributed by atoms with E-state index in [9.17, 15) is 19.5 Å². The molecule has 2 aliphatic rings. The van der Waals surface area contributed by atoms with Gasteiger partial charge in [0.05, 0.1) is 11.3 Å². The summed E-state index contributed by atoms with van der Waals surface area (Å²) < 4.78 is 0. The summed E-state index contributed by atoms with van der Waals surface area (Å²) in [7, 11) is 0. The first-order valence-corrected chi connectivity index (χ1v) is 8.83. The van der Waals surface area contributed by atoms with Crippen LogP contribution in [0.5, 0.6) is 0 Å². The van der Waals surface area contributed by atoms with Crippen LogP contribution in [-0.4, -0.2) is 58.9 Å². The van der Waals surface area contributed by atoms with Crippen LogP contribution in [0.25, 0.3) is 0 Å². The minimum atomic E-state index is -0.932. The molecule has 2 fully saturated rings. The maximum Gasteiger partial charge on any atom is 0.314 e. The van der Waals surface area contributed by atoms with Crippen molar-refractivity contribution in [3.63, 3.8) is 0 Å². The number of likely N-dealkylation sites (tertiary alicyclic amines) is 2. The van der Waals surface area contributed by atoms with E-state index < -0.39 is 11.4 Å². The van der Waals surface area contributed by atoms with Crippen LogP contribution in [0.1, 0.15) is 31.7 Å². The Morgan fingerprint density at radius 2 is 1.84 bits per heavy atom. The van der Waals surface area contributed by atoms with Gasteiger partial charge in [-0.25, -0.2) is 0 Å². The zero-order valence-corrected chi connectivity index (χ0v) is 14.5. The summed E-state index contributed by atoms with van der Waals surface area (Å²) in [4.78, 5) is 40.0. The van der Waals surface area contributed by atoms with Crippen molar-refractivity contribution >= 4 is 17.8 Å². The maximum atomic E-state index is 12.7. The highest BCUT2D eigenvalue weighted by Crippen LogP contribution is 2.36. The number of benzene rings is 1. The Hall–Kier alpha value is -2.37.